The Morgan fingerprint density at radius 3 is 2.52 bits per heavy atom. The van der Waals surface area contributed by atoms with E-state index in [4.69, 9.17) is 16.1 Å². The number of halogens is 1. The Balaban J connectivity index is 1.39. The zero-order valence-corrected chi connectivity index (χ0v) is 16.4. The topological polar surface area (TPSA) is 45.4 Å². The van der Waals surface area contributed by atoms with Crippen molar-refractivity contribution in [3.63, 3.8) is 0 Å². The van der Waals surface area contributed by atoms with Crippen LogP contribution in [0.3, 0.4) is 0 Å². The van der Waals surface area contributed by atoms with Gasteiger partial charge in [-0.15, -0.1) is 0 Å². The van der Waals surface area contributed by atoms with Crippen LogP contribution in [0.1, 0.15) is 18.4 Å². The molecule has 1 saturated heterocycles. The Labute approximate surface area is 164 Å². The molecule has 4 rings (SSSR count). The molecule has 0 saturated carbocycles. The summed E-state index contributed by atoms with van der Waals surface area (Å²) in [6.07, 6.45) is 0. The number of piperazine rings is 1. The van der Waals surface area contributed by atoms with Gasteiger partial charge in [-0.05, 0) is 50.2 Å². The third-order valence-electron chi connectivity index (χ3n) is 5.07. The van der Waals surface area contributed by atoms with E-state index in [2.05, 4.69) is 58.1 Å². The fourth-order valence-electron chi connectivity index (χ4n) is 3.43. The van der Waals surface area contributed by atoms with E-state index < -0.39 is 0 Å². The molecule has 0 radical (unpaired) electrons. The van der Waals surface area contributed by atoms with E-state index >= 15 is 0 Å². The number of benzene rings is 2. The van der Waals surface area contributed by atoms with Crippen molar-refractivity contribution < 1.29 is 4.52 Å². The van der Waals surface area contributed by atoms with Gasteiger partial charge in [0, 0.05) is 41.9 Å². The van der Waals surface area contributed by atoms with E-state index in [9.17, 15) is 0 Å². The summed E-state index contributed by atoms with van der Waals surface area (Å²) in [6.45, 7) is 7.98. The molecule has 2 aromatic carbocycles. The lowest BCUT2D eigenvalue weighted by atomic mass is 10.1. The Kier molecular flexibility index (Phi) is 5.14. The molecule has 0 spiro atoms. The smallest absolute Gasteiger partial charge is 0.241 e. The predicted octanol–water partition coefficient (Wildman–Crippen LogP) is 4.41. The van der Waals surface area contributed by atoms with E-state index in [1.54, 1.807) is 0 Å². The lowest BCUT2D eigenvalue weighted by molar-refractivity contribution is 0.159. The number of aromatic nitrogens is 2. The van der Waals surface area contributed by atoms with Crippen LogP contribution in [-0.4, -0.2) is 40.7 Å². The third-order valence-corrected chi connectivity index (χ3v) is 5.33. The number of aryl methyl sites for hydroxylation is 1. The molecular weight excluding hydrogens is 360 g/mol. The van der Waals surface area contributed by atoms with Crippen molar-refractivity contribution >= 4 is 17.3 Å². The molecule has 6 heteroatoms. The van der Waals surface area contributed by atoms with Crippen molar-refractivity contribution in [3.05, 3.63) is 65.0 Å². The van der Waals surface area contributed by atoms with Crippen LogP contribution < -0.4 is 4.90 Å². The van der Waals surface area contributed by atoms with Gasteiger partial charge in [0.1, 0.15) is 0 Å². The van der Waals surface area contributed by atoms with Gasteiger partial charge in [0.2, 0.25) is 11.7 Å². The first kappa shape index (κ1) is 18.0. The summed E-state index contributed by atoms with van der Waals surface area (Å²) in [5, 5.41) is 4.81. The highest BCUT2D eigenvalue weighted by atomic mass is 35.5. The minimum absolute atomic E-state index is 0.408. The maximum atomic E-state index is 5.94. The molecule has 140 valence electrons. The van der Waals surface area contributed by atoms with Crippen molar-refractivity contribution in [1.82, 2.24) is 15.0 Å². The number of hydrogen-bond acceptors (Lipinski definition) is 5. The summed E-state index contributed by atoms with van der Waals surface area (Å²) in [5.41, 5.74) is 3.49. The molecule has 5 nitrogen and oxygen atoms in total. The molecule has 0 N–H and O–H groups in total. The minimum Gasteiger partial charge on any atom is -0.369 e. The van der Waals surface area contributed by atoms with Gasteiger partial charge >= 0.3 is 0 Å². The normalized spacial score (nSPS) is 18.0. The van der Waals surface area contributed by atoms with Crippen molar-refractivity contribution in [2.45, 2.75) is 26.4 Å². The molecule has 0 amide bonds. The van der Waals surface area contributed by atoms with Crippen molar-refractivity contribution in [2.24, 2.45) is 0 Å². The predicted molar refractivity (Wildman–Crippen MR) is 108 cm³/mol. The van der Waals surface area contributed by atoms with Crippen LogP contribution in [0.4, 0.5) is 5.69 Å². The van der Waals surface area contributed by atoms with Gasteiger partial charge in [-0.1, -0.05) is 34.5 Å². The van der Waals surface area contributed by atoms with Crippen LogP contribution in [0.5, 0.6) is 0 Å². The number of hydrogen-bond donors (Lipinski definition) is 0. The number of anilines is 1. The molecule has 1 fully saturated rings. The Bertz CT molecular complexity index is 891. The lowest BCUT2D eigenvalue weighted by Gasteiger charge is -2.40. The fourth-order valence-corrected chi connectivity index (χ4v) is 3.56. The molecule has 1 aliphatic heterocycles. The second kappa shape index (κ2) is 7.71. The van der Waals surface area contributed by atoms with E-state index in [0.29, 0.717) is 29.3 Å². The van der Waals surface area contributed by atoms with Crippen LogP contribution in [0.15, 0.2) is 53.1 Å². The first-order valence-corrected chi connectivity index (χ1v) is 9.60. The van der Waals surface area contributed by atoms with Crippen molar-refractivity contribution in [3.8, 4) is 11.4 Å². The minimum atomic E-state index is 0.408. The molecule has 2 heterocycles. The van der Waals surface area contributed by atoms with Crippen LogP contribution in [-0.2, 0) is 6.54 Å². The zero-order chi connectivity index (χ0) is 18.8. The molecule has 1 aliphatic rings. The standard InChI is InChI=1S/C21H23ClN4O/c1-15-3-9-19(10-4-15)26-12-11-25(16(2)13-26)14-20-23-21(24-27-20)17-5-7-18(22)8-6-17/h3-10,16H,11-14H2,1-2H3/t16-/m1/s1. The van der Waals surface area contributed by atoms with E-state index in [0.717, 1.165) is 25.2 Å². The Hall–Kier alpha value is -2.37. The third kappa shape index (κ3) is 4.15. The van der Waals surface area contributed by atoms with E-state index in [1.807, 2.05) is 24.3 Å². The second-order valence-corrected chi connectivity index (χ2v) is 7.56. The van der Waals surface area contributed by atoms with Crippen LogP contribution >= 0.6 is 11.6 Å². The largest absolute Gasteiger partial charge is 0.369 e. The molecule has 0 unspecified atom stereocenters. The van der Waals surface area contributed by atoms with Gasteiger partial charge < -0.3 is 9.42 Å². The molecule has 0 aliphatic carbocycles. The van der Waals surface area contributed by atoms with Gasteiger partial charge in [0.25, 0.3) is 0 Å². The maximum absolute atomic E-state index is 5.94. The average Bonchev–Trinajstić information content (AvgIpc) is 3.13. The number of rotatable bonds is 4. The van der Waals surface area contributed by atoms with Crippen LogP contribution in [0.25, 0.3) is 11.4 Å². The van der Waals surface area contributed by atoms with Crippen molar-refractivity contribution in [2.75, 3.05) is 24.5 Å². The molecule has 27 heavy (non-hydrogen) atoms. The van der Waals surface area contributed by atoms with Gasteiger partial charge in [0.05, 0.1) is 6.54 Å². The second-order valence-electron chi connectivity index (χ2n) is 7.12. The summed E-state index contributed by atoms with van der Waals surface area (Å²) < 4.78 is 5.48. The van der Waals surface area contributed by atoms with Gasteiger partial charge in [-0.25, -0.2) is 0 Å². The first-order valence-electron chi connectivity index (χ1n) is 9.23. The number of nitrogens with zero attached hydrogens (tertiary/aromatic N) is 4. The average molecular weight is 383 g/mol. The summed E-state index contributed by atoms with van der Waals surface area (Å²) in [5.74, 6) is 1.25. The molecule has 3 aromatic rings. The molecular formula is C21H23ClN4O. The highest BCUT2D eigenvalue weighted by molar-refractivity contribution is 6.30. The summed E-state index contributed by atoms with van der Waals surface area (Å²) in [6, 6.07) is 16.6. The van der Waals surface area contributed by atoms with Crippen LogP contribution in [0.2, 0.25) is 5.02 Å². The van der Waals surface area contributed by atoms with Gasteiger partial charge in [-0.2, -0.15) is 4.98 Å². The maximum Gasteiger partial charge on any atom is 0.241 e. The highest BCUT2D eigenvalue weighted by Crippen LogP contribution is 2.22. The van der Waals surface area contributed by atoms with Gasteiger partial charge in [-0.3, -0.25) is 4.90 Å². The quantitative estimate of drug-likeness (QED) is 0.668. The van der Waals surface area contributed by atoms with E-state index in [-0.39, 0.29) is 0 Å². The van der Waals surface area contributed by atoms with Crippen LogP contribution in [0, 0.1) is 6.92 Å². The first-order chi connectivity index (χ1) is 13.1. The summed E-state index contributed by atoms with van der Waals surface area (Å²) in [7, 11) is 0. The van der Waals surface area contributed by atoms with Crippen molar-refractivity contribution in [1.29, 1.82) is 0 Å². The molecule has 1 atom stereocenters. The SMILES string of the molecule is Cc1ccc(N2CCN(Cc3nc(-c4ccc(Cl)cc4)no3)[C@H](C)C2)cc1. The fraction of sp³-hybridized carbons (Fsp3) is 0.333. The lowest BCUT2D eigenvalue weighted by Crippen LogP contribution is -2.51. The summed E-state index contributed by atoms with van der Waals surface area (Å²) >= 11 is 5.94. The summed E-state index contributed by atoms with van der Waals surface area (Å²) in [4.78, 5) is 9.38. The Morgan fingerprint density at radius 1 is 1.07 bits per heavy atom. The van der Waals surface area contributed by atoms with E-state index in [1.165, 1.54) is 11.3 Å². The zero-order valence-electron chi connectivity index (χ0n) is 15.6. The molecule has 0 bridgehead atoms. The van der Waals surface area contributed by atoms with Gasteiger partial charge in [0.15, 0.2) is 0 Å². The molecule has 1 aromatic heterocycles. The highest BCUT2D eigenvalue weighted by Gasteiger charge is 2.25. The Morgan fingerprint density at radius 2 is 1.81 bits per heavy atom. The monoisotopic (exact) mass is 382 g/mol.